The SMILES string of the molecule is CC(NC(=O)NC(CCC(N)=O)C(=O)O)c1ccc(Cl)s1. The maximum absolute atomic E-state index is 11.8. The van der Waals surface area contributed by atoms with Crippen LogP contribution in [0.2, 0.25) is 4.34 Å². The Hall–Kier alpha value is -1.80. The van der Waals surface area contributed by atoms with E-state index in [1.165, 1.54) is 11.3 Å². The van der Waals surface area contributed by atoms with Crippen molar-refractivity contribution in [3.8, 4) is 0 Å². The molecule has 9 heteroatoms. The van der Waals surface area contributed by atoms with E-state index in [4.69, 9.17) is 22.4 Å². The van der Waals surface area contributed by atoms with Crippen LogP contribution < -0.4 is 16.4 Å². The largest absolute Gasteiger partial charge is 0.480 e. The highest BCUT2D eigenvalue weighted by atomic mass is 35.5. The lowest BCUT2D eigenvalue weighted by Gasteiger charge is -2.17. The van der Waals surface area contributed by atoms with Crippen LogP contribution in [-0.2, 0) is 9.59 Å². The Balaban J connectivity index is 2.53. The van der Waals surface area contributed by atoms with E-state index in [0.717, 1.165) is 4.88 Å². The van der Waals surface area contributed by atoms with E-state index in [9.17, 15) is 14.4 Å². The summed E-state index contributed by atoms with van der Waals surface area (Å²) < 4.78 is 0.601. The molecule has 0 aliphatic heterocycles. The van der Waals surface area contributed by atoms with Crippen LogP contribution in [0.1, 0.15) is 30.7 Å². The molecular weight excluding hydrogens is 318 g/mol. The van der Waals surface area contributed by atoms with Crippen molar-refractivity contribution >= 4 is 40.8 Å². The zero-order valence-corrected chi connectivity index (χ0v) is 12.8. The summed E-state index contributed by atoms with van der Waals surface area (Å²) >= 11 is 7.13. The van der Waals surface area contributed by atoms with Gasteiger partial charge in [-0.15, -0.1) is 11.3 Å². The van der Waals surface area contributed by atoms with Crippen molar-refractivity contribution < 1.29 is 19.5 Å². The number of aliphatic carboxylic acids is 1. The minimum Gasteiger partial charge on any atom is -0.480 e. The van der Waals surface area contributed by atoms with Crippen LogP contribution in [-0.4, -0.2) is 29.1 Å². The number of carbonyl (C=O) groups excluding carboxylic acids is 2. The van der Waals surface area contributed by atoms with Gasteiger partial charge in [0, 0.05) is 11.3 Å². The third kappa shape index (κ3) is 6.01. The number of amides is 3. The fourth-order valence-electron chi connectivity index (χ4n) is 1.57. The molecule has 0 aliphatic rings. The number of urea groups is 1. The quantitative estimate of drug-likeness (QED) is 0.603. The van der Waals surface area contributed by atoms with Gasteiger partial charge in [0.05, 0.1) is 10.4 Å². The molecule has 0 saturated heterocycles. The molecular formula is C12H16ClN3O4S. The van der Waals surface area contributed by atoms with Gasteiger partial charge >= 0.3 is 12.0 Å². The molecule has 2 unspecified atom stereocenters. The van der Waals surface area contributed by atoms with Crippen LogP contribution in [0.15, 0.2) is 12.1 Å². The second kappa shape index (κ2) is 7.84. The minimum absolute atomic E-state index is 0.0582. The molecule has 116 valence electrons. The Kier molecular flexibility index (Phi) is 6.44. The first-order valence-corrected chi connectivity index (χ1v) is 7.32. The van der Waals surface area contributed by atoms with Crippen molar-refractivity contribution in [2.75, 3.05) is 0 Å². The second-order valence-electron chi connectivity index (χ2n) is 4.38. The molecule has 1 aromatic heterocycles. The molecule has 21 heavy (non-hydrogen) atoms. The molecule has 0 bridgehead atoms. The molecule has 2 atom stereocenters. The van der Waals surface area contributed by atoms with Crippen molar-refractivity contribution in [3.63, 3.8) is 0 Å². The first-order chi connectivity index (χ1) is 9.79. The van der Waals surface area contributed by atoms with Gasteiger partial charge in [0.15, 0.2) is 0 Å². The van der Waals surface area contributed by atoms with Crippen molar-refractivity contribution in [2.45, 2.75) is 31.8 Å². The third-order valence-electron chi connectivity index (χ3n) is 2.65. The average molecular weight is 334 g/mol. The Morgan fingerprint density at radius 1 is 1.38 bits per heavy atom. The summed E-state index contributed by atoms with van der Waals surface area (Å²) in [5.74, 6) is -1.84. The number of hydrogen-bond donors (Lipinski definition) is 4. The lowest BCUT2D eigenvalue weighted by Crippen LogP contribution is -2.46. The fraction of sp³-hybridized carbons (Fsp3) is 0.417. The number of carboxylic acids is 1. The standard InChI is InChI=1S/C12H16ClN3O4S/c1-6(8-3-4-9(13)21-8)15-12(20)16-7(11(18)19)2-5-10(14)17/h3-4,6-7H,2,5H2,1H3,(H2,14,17)(H,18,19)(H2,15,16,20). The molecule has 0 radical (unpaired) electrons. The van der Waals surface area contributed by atoms with E-state index in [-0.39, 0.29) is 18.9 Å². The van der Waals surface area contributed by atoms with E-state index >= 15 is 0 Å². The van der Waals surface area contributed by atoms with Gasteiger partial charge in [0.2, 0.25) is 5.91 Å². The Bertz CT molecular complexity index is 534. The zero-order valence-electron chi connectivity index (χ0n) is 11.3. The van der Waals surface area contributed by atoms with Crippen molar-refractivity contribution in [1.82, 2.24) is 10.6 Å². The normalized spacial score (nSPS) is 13.2. The molecule has 3 amide bonds. The zero-order chi connectivity index (χ0) is 16.0. The first-order valence-electron chi connectivity index (χ1n) is 6.13. The summed E-state index contributed by atoms with van der Waals surface area (Å²) in [5.41, 5.74) is 4.96. The predicted octanol–water partition coefficient (Wildman–Crippen LogP) is 1.48. The highest BCUT2D eigenvalue weighted by molar-refractivity contribution is 7.16. The maximum atomic E-state index is 11.8. The van der Waals surface area contributed by atoms with Crippen LogP contribution in [0, 0.1) is 0 Å². The molecule has 5 N–H and O–H groups in total. The Labute approximate surface area is 130 Å². The van der Waals surface area contributed by atoms with Gasteiger partial charge in [-0.3, -0.25) is 4.79 Å². The number of rotatable bonds is 7. The van der Waals surface area contributed by atoms with Gasteiger partial charge < -0.3 is 21.5 Å². The topological polar surface area (TPSA) is 122 Å². The van der Waals surface area contributed by atoms with E-state index in [2.05, 4.69) is 10.6 Å². The predicted molar refractivity (Wildman–Crippen MR) is 79.3 cm³/mol. The number of carboxylic acid groups (broad SMARTS) is 1. The highest BCUT2D eigenvalue weighted by Gasteiger charge is 2.21. The van der Waals surface area contributed by atoms with Crippen LogP contribution in [0.5, 0.6) is 0 Å². The number of nitrogens with two attached hydrogens (primary N) is 1. The molecule has 7 nitrogen and oxygen atoms in total. The number of nitrogens with one attached hydrogen (secondary N) is 2. The molecule has 0 spiro atoms. The number of carbonyl (C=O) groups is 3. The molecule has 0 saturated carbocycles. The van der Waals surface area contributed by atoms with Crippen molar-refractivity contribution in [2.24, 2.45) is 5.73 Å². The average Bonchev–Trinajstić information content (AvgIpc) is 2.80. The van der Waals surface area contributed by atoms with Gasteiger partial charge in [0.1, 0.15) is 6.04 Å². The molecule has 1 rings (SSSR count). The van der Waals surface area contributed by atoms with Gasteiger partial charge in [-0.2, -0.15) is 0 Å². The van der Waals surface area contributed by atoms with E-state index in [0.29, 0.717) is 4.34 Å². The number of halogens is 1. The number of hydrogen-bond acceptors (Lipinski definition) is 4. The third-order valence-corrected chi connectivity index (χ3v) is 4.07. The highest BCUT2D eigenvalue weighted by Crippen LogP contribution is 2.26. The number of primary amides is 1. The first kappa shape index (κ1) is 17.3. The van der Waals surface area contributed by atoms with E-state index in [1.54, 1.807) is 19.1 Å². The summed E-state index contributed by atoms with van der Waals surface area (Å²) in [7, 11) is 0. The molecule has 0 aliphatic carbocycles. The molecule has 0 aromatic carbocycles. The van der Waals surface area contributed by atoms with Gasteiger partial charge in [0.25, 0.3) is 0 Å². The smallest absolute Gasteiger partial charge is 0.326 e. The monoisotopic (exact) mass is 333 g/mol. The summed E-state index contributed by atoms with van der Waals surface area (Å²) in [5, 5.41) is 13.9. The molecule has 1 aromatic rings. The maximum Gasteiger partial charge on any atom is 0.326 e. The van der Waals surface area contributed by atoms with Gasteiger partial charge in [-0.25, -0.2) is 9.59 Å². The van der Waals surface area contributed by atoms with E-state index < -0.39 is 23.9 Å². The summed E-state index contributed by atoms with van der Waals surface area (Å²) in [6.07, 6.45) is -0.176. The number of thiophene rings is 1. The van der Waals surface area contributed by atoms with Crippen LogP contribution >= 0.6 is 22.9 Å². The summed E-state index contributed by atoms with van der Waals surface area (Å²) in [6.45, 7) is 1.75. The van der Waals surface area contributed by atoms with Gasteiger partial charge in [-0.05, 0) is 25.5 Å². The van der Waals surface area contributed by atoms with Crippen LogP contribution in [0.3, 0.4) is 0 Å². The molecule has 0 fully saturated rings. The van der Waals surface area contributed by atoms with Crippen LogP contribution in [0.25, 0.3) is 0 Å². The summed E-state index contributed by atoms with van der Waals surface area (Å²) in [6, 6.07) is 1.37. The fourth-order valence-corrected chi connectivity index (χ4v) is 2.64. The minimum atomic E-state index is -1.22. The van der Waals surface area contributed by atoms with Crippen molar-refractivity contribution in [1.29, 1.82) is 0 Å². The Morgan fingerprint density at radius 3 is 2.52 bits per heavy atom. The molecule has 1 heterocycles. The summed E-state index contributed by atoms with van der Waals surface area (Å²) in [4.78, 5) is 34.3. The van der Waals surface area contributed by atoms with E-state index in [1.807, 2.05) is 0 Å². The second-order valence-corrected chi connectivity index (χ2v) is 6.12. The lowest BCUT2D eigenvalue weighted by molar-refractivity contribution is -0.139. The van der Waals surface area contributed by atoms with Gasteiger partial charge in [-0.1, -0.05) is 11.6 Å². The van der Waals surface area contributed by atoms with Crippen molar-refractivity contribution in [3.05, 3.63) is 21.3 Å². The lowest BCUT2D eigenvalue weighted by atomic mass is 10.1. The Morgan fingerprint density at radius 2 is 2.05 bits per heavy atom. The van der Waals surface area contributed by atoms with Crippen LogP contribution in [0.4, 0.5) is 4.79 Å².